The van der Waals surface area contributed by atoms with Crippen molar-refractivity contribution in [3.63, 3.8) is 0 Å². The van der Waals surface area contributed by atoms with Crippen molar-refractivity contribution >= 4 is 11.9 Å². The fourth-order valence-electron chi connectivity index (χ4n) is 3.49. The SMILES string of the molecule is O=C(O)C1CCC(C(=O)NCc2ccc(Cn3ccccc3=O)cc2)CC1. The van der Waals surface area contributed by atoms with E-state index < -0.39 is 5.97 Å². The van der Waals surface area contributed by atoms with Crippen LogP contribution in [0.3, 0.4) is 0 Å². The van der Waals surface area contributed by atoms with Crippen molar-refractivity contribution in [1.29, 1.82) is 0 Å². The van der Waals surface area contributed by atoms with Gasteiger partial charge >= 0.3 is 5.97 Å². The van der Waals surface area contributed by atoms with E-state index in [0.717, 1.165) is 11.1 Å². The maximum Gasteiger partial charge on any atom is 0.306 e. The number of carbonyl (C=O) groups is 2. The van der Waals surface area contributed by atoms with Gasteiger partial charge in [-0.3, -0.25) is 14.4 Å². The number of nitrogens with zero attached hydrogens (tertiary/aromatic N) is 1. The normalized spacial score (nSPS) is 19.4. The third-order valence-corrected chi connectivity index (χ3v) is 5.19. The summed E-state index contributed by atoms with van der Waals surface area (Å²) in [6, 6.07) is 12.9. The van der Waals surface area contributed by atoms with E-state index in [1.165, 1.54) is 6.07 Å². The summed E-state index contributed by atoms with van der Waals surface area (Å²) in [7, 11) is 0. The number of nitrogens with one attached hydrogen (secondary N) is 1. The molecule has 27 heavy (non-hydrogen) atoms. The van der Waals surface area contributed by atoms with Gasteiger partial charge in [0.2, 0.25) is 5.91 Å². The van der Waals surface area contributed by atoms with Gasteiger partial charge in [-0.25, -0.2) is 0 Å². The van der Waals surface area contributed by atoms with Crippen LogP contribution in [0.1, 0.15) is 36.8 Å². The lowest BCUT2D eigenvalue weighted by molar-refractivity contribution is -0.144. The van der Waals surface area contributed by atoms with E-state index in [-0.39, 0.29) is 23.3 Å². The number of carboxylic acid groups (broad SMARTS) is 1. The number of aromatic nitrogens is 1. The van der Waals surface area contributed by atoms with Crippen LogP contribution in [0.15, 0.2) is 53.5 Å². The number of hydrogen-bond acceptors (Lipinski definition) is 3. The molecule has 0 aliphatic heterocycles. The molecule has 1 heterocycles. The summed E-state index contributed by atoms with van der Waals surface area (Å²) in [4.78, 5) is 35.0. The second-order valence-corrected chi connectivity index (χ2v) is 7.09. The summed E-state index contributed by atoms with van der Waals surface area (Å²) < 4.78 is 1.64. The van der Waals surface area contributed by atoms with Gasteiger partial charge < -0.3 is 15.0 Å². The van der Waals surface area contributed by atoms with Crippen molar-refractivity contribution in [3.8, 4) is 0 Å². The van der Waals surface area contributed by atoms with Crippen molar-refractivity contribution in [2.75, 3.05) is 0 Å². The highest BCUT2D eigenvalue weighted by molar-refractivity contribution is 5.79. The molecule has 1 fully saturated rings. The number of benzene rings is 1. The van der Waals surface area contributed by atoms with E-state index in [1.54, 1.807) is 16.8 Å². The molecule has 1 aromatic carbocycles. The van der Waals surface area contributed by atoms with Crippen molar-refractivity contribution in [3.05, 3.63) is 70.1 Å². The Morgan fingerprint density at radius 2 is 1.59 bits per heavy atom. The monoisotopic (exact) mass is 368 g/mol. The van der Waals surface area contributed by atoms with Gasteiger partial charge in [0.25, 0.3) is 5.56 Å². The molecule has 0 atom stereocenters. The van der Waals surface area contributed by atoms with Crippen LogP contribution < -0.4 is 10.9 Å². The first kappa shape index (κ1) is 18.9. The molecule has 1 aliphatic rings. The molecule has 6 nitrogen and oxygen atoms in total. The lowest BCUT2D eigenvalue weighted by atomic mass is 9.81. The number of carbonyl (C=O) groups excluding carboxylic acids is 1. The van der Waals surface area contributed by atoms with Crippen molar-refractivity contribution in [1.82, 2.24) is 9.88 Å². The van der Waals surface area contributed by atoms with Crippen LogP contribution in [0, 0.1) is 11.8 Å². The third kappa shape index (κ3) is 5.06. The van der Waals surface area contributed by atoms with Gasteiger partial charge in [0.05, 0.1) is 12.5 Å². The molecule has 142 valence electrons. The van der Waals surface area contributed by atoms with Gasteiger partial charge in [-0.15, -0.1) is 0 Å². The van der Waals surface area contributed by atoms with Crippen LogP contribution in [0.25, 0.3) is 0 Å². The van der Waals surface area contributed by atoms with Gasteiger partial charge in [0, 0.05) is 24.7 Å². The van der Waals surface area contributed by atoms with E-state index in [4.69, 9.17) is 5.11 Å². The Labute approximate surface area is 157 Å². The Bertz CT molecular complexity index is 849. The Balaban J connectivity index is 1.49. The van der Waals surface area contributed by atoms with Crippen molar-refractivity contribution in [2.45, 2.75) is 38.8 Å². The molecule has 1 saturated carbocycles. The number of pyridine rings is 1. The highest BCUT2D eigenvalue weighted by Gasteiger charge is 2.29. The van der Waals surface area contributed by atoms with E-state index in [2.05, 4.69) is 5.32 Å². The topological polar surface area (TPSA) is 88.4 Å². The fraction of sp³-hybridized carbons (Fsp3) is 0.381. The molecule has 2 N–H and O–H groups in total. The quantitative estimate of drug-likeness (QED) is 0.819. The Morgan fingerprint density at radius 1 is 0.963 bits per heavy atom. The summed E-state index contributed by atoms with van der Waals surface area (Å²) in [6.07, 6.45) is 4.17. The second kappa shape index (κ2) is 8.66. The van der Waals surface area contributed by atoms with E-state index in [9.17, 15) is 14.4 Å². The summed E-state index contributed by atoms with van der Waals surface area (Å²) in [5.41, 5.74) is 1.98. The highest BCUT2D eigenvalue weighted by atomic mass is 16.4. The van der Waals surface area contributed by atoms with Gasteiger partial charge in [0.1, 0.15) is 0 Å². The summed E-state index contributed by atoms with van der Waals surface area (Å²) in [5.74, 6) is -1.16. The number of aliphatic carboxylic acids is 1. The molecule has 1 aliphatic carbocycles. The zero-order chi connectivity index (χ0) is 19.2. The maximum atomic E-state index is 12.3. The summed E-state index contributed by atoms with van der Waals surface area (Å²) >= 11 is 0. The van der Waals surface area contributed by atoms with Crippen LogP contribution >= 0.6 is 0 Å². The van der Waals surface area contributed by atoms with Crippen LogP contribution in [0.5, 0.6) is 0 Å². The minimum atomic E-state index is -0.758. The molecule has 2 aromatic rings. The lowest BCUT2D eigenvalue weighted by Gasteiger charge is -2.25. The van der Waals surface area contributed by atoms with Gasteiger partial charge in [0.15, 0.2) is 0 Å². The molecular weight excluding hydrogens is 344 g/mol. The molecule has 0 unspecified atom stereocenters. The standard InChI is InChI=1S/C21H24N2O4/c24-19-3-1-2-12-23(19)14-16-6-4-15(5-7-16)13-22-20(25)17-8-10-18(11-9-17)21(26)27/h1-7,12,17-18H,8-11,13-14H2,(H,22,25)(H,26,27). The average Bonchev–Trinajstić information content (AvgIpc) is 2.69. The van der Waals surface area contributed by atoms with Crippen molar-refractivity contribution in [2.24, 2.45) is 11.8 Å². The first-order valence-electron chi connectivity index (χ1n) is 9.27. The Kier molecular flexibility index (Phi) is 6.06. The molecule has 0 bridgehead atoms. The predicted molar refractivity (Wildman–Crippen MR) is 101 cm³/mol. The molecular formula is C21H24N2O4. The molecule has 1 aromatic heterocycles. The Hall–Kier alpha value is -2.89. The summed E-state index contributed by atoms with van der Waals surface area (Å²) in [5, 5.41) is 12.0. The lowest BCUT2D eigenvalue weighted by Crippen LogP contribution is -2.34. The molecule has 0 radical (unpaired) electrons. The molecule has 3 rings (SSSR count). The van der Waals surface area contributed by atoms with Gasteiger partial charge in [-0.2, -0.15) is 0 Å². The first-order valence-corrected chi connectivity index (χ1v) is 9.27. The second-order valence-electron chi connectivity index (χ2n) is 7.09. The molecule has 0 saturated heterocycles. The highest BCUT2D eigenvalue weighted by Crippen LogP contribution is 2.29. The van der Waals surface area contributed by atoms with Gasteiger partial charge in [-0.1, -0.05) is 30.3 Å². The van der Waals surface area contributed by atoms with E-state index in [1.807, 2.05) is 30.3 Å². The Morgan fingerprint density at radius 3 is 2.22 bits per heavy atom. The van der Waals surface area contributed by atoms with E-state index >= 15 is 0 Å². The first-order chi connectivity index (χ1) is 13.0. The fourth-order valence-corrected chi connectivity index (χ4v) is 3.49. The van der Waals surface area contributed by atoms with Crippen LogP contribution in [-0.2, 0) is 22.7 Å². The zero-order valence-corrected chi connectivity index (χ0v) is 15.1. The summed E-state index contributed by atoms with van der Waals surface area (Å²) in [6.45, 7) is 0.961. The smallest absolute Gasteiger partial charge is 0.306 e. The zero-order valence-electron chi connectivity index (χ0n) is 15.1. The third-order valence-electron chi connectivity index (χ3n) is 5.19. The average molecular weight is 368 g/mol. The van der Waals surface area contributed by atoms with Crippen LogP contribution in [0.4, 0.5) is 0 Å². The van der Waals surface area contributed by atoms with Crippen LogP contribution in [-0.4, -0.2) is 21.6 Å². The number of hydrogen-bond donors (Lipinski definition) is 2. The number of rotatable bonds is 6. The largest absolute Gasteiger partial charge is 0.481 e. The van der Waals surface area contributed by atoms with Gasteiger partial charge in [-0.05, 0) is 42.9 Å². The number of amides is 1. The van der Waals surface area contributed by atoms with E-state index in [0.29, 0.717) is 38.8 Å². The predicted octanol–water partition coefficient (Wildman–Crippen LogP) is 2.40. The molecule has 0 spiro atoms. The maximum absolute atomic E-state index is 12.3. The van der Waals surface area contributed by atoms with Crippen LogP contribution in [0.2, 0.25) is 0 Å². The molecule has 1 amide bonds. The minimum absolute atomic E-state index is 0.00115. The molecule has 6 heteroatoms. The van der Waals surface area contributed by atoms with Crippen molar-refractivity contribution < 1.29 is 14.7 Å². The minimum Gasteiger partial charge on any atom is -0.481 e. The number of carboxylic acids is 1.